The van der Waals surface area contributed by atoms with Crippen LogP contribution in [0.3, 0.4) is 0 Å². The fourth-order valence-electron chi connectivity index (χ4n) is 3.13. The number of oxime groups is 2. The number of nitrogens with one attached hydrogen (secondary N) is 1. The Morgan fingerprint density at radius 3 is 2.47 bits per heavy atom. The van der Waals surface area contributed by atoms with Crippen LogP contribution >= 0.6 is 0 Å². The first-order valence-electron chi connectivity index (χ1n) is 10.0. The van der Waals surface area contributed by atoms with Gasteiger partial charge in [0, 0.05) is 18.2 Å². The molecule has 160 valence electrons. The zero-order valence-electron chi connectivity index (χ0n) is 18.7. The average molecular weight is 410 g/mol. The van der Waals surface area contributed by atoms with Crippen LogP contribution in [0, 0.1) is 19.8 Å². The average Bonchev–Trinajstić information content (AvgIpc) is 2.71. The molecule has 6 heteroatoms. The SMILES string of the molecule is CNC(=O)/C(=N/OC)c1cccc(C)c1CO/N=C(\CC(C)C)c1cccc(C)c1. The molecule has 0 aliphatic heterocycles. The van der Waals surface area contributed by atoms with Crippen molar-refractivity contribution < 1.29 is 14.5 Å². The number of carbonyl (C=O) groups excluding carboxylic acids is 1. The fraction of sp³-hybridized carbons (Fsp3) is 0.375. The lowest BCUT2D eigenvalue weighted by molar-refractivity contribution is -0.114. The summed E-state index contributed by atoms with van der Waals surface area (Å²) in [6.07, 6.45) is 0.804. The minimum Gasteiger partial charge on any atom is -0.398 e. The van der Waals surface area contributed by atoms with Crippen LogP contribution in [-0.2, 0) is 21.1 Å². The van der Waals surface area contributed by atoms with Crippen molar-refractivity contribution >= 4 is 17.3 Å². The molecule has 1 N–H and O–H groups in total. The molecule has 0 radical (unpaired) electrons. The van der Waals surface area contributed by atoms with Crippen LogP contribution in [0.25, 0.3) is 0 Å². The fourth-order valence-corrected chi connectivity index (χ4v) is 3.13. The van der Waals surface area contributed by atoms with Gasteiger partial charge in [0.1, 0.15) is 13.7 Å². The Morgan fingerprint density at radius 1 is 1.10 bits per heavy atom. The van der Waals surface area contributed by atoms with Crippen molar-refractivity contribution in [1.82, 2.24) is 5.32 Å². The van der Waals surface area contributed by atoms with Crippen LogP contribution in [0.2, 0.25) is 0 Å². The highest BCUT2D eigenvalue weighted by molar-refractivity contribution is 6.45. The number of benzene rings is 2. The van der Waals surface area contributed by atoms with Gasteiger partial charge in [-0.3, -0.25) is 4.79 Å². The maximum absolute atomic E-state index is 12.3. The highest BCUT2D eigenvalue weighted by Gasteiger charge is 2.19. The molecule has 30 heavy (non-hydrogen) atoms. The summed E-state index contributed by atoms with van der Waals surface area (Å²) in [6.45, 7) is 8.56. The van der Waals surface area contributed by atoms with Crippen LogP contribution in [0.5, 0.6) is 0 Å². The summed E-state index contributed by atoms with van der Waals surface area (Å²) >= 11 is 0. The van der Waals surface area contributed by atoms with E-state index in [4.69, 9.17) is 9.68 Å². The lowest BCUT2D eigenvalue weighted by Gasteiger charge is -2.14. The van der Waals surface area contributed by atoms with E-state index in [1.54, 1.807) is 7.05 Å². The third-order valence-electron chi connectivity index (χ3n) is 4.63. The quantitative estimate of drug-likeness (QED) is 0.494. The van der Waals surface area contributed by atoms with Gasteiger partial charge in [0.25, 0.3) is 5.91 Å². The van der Waals surface area contributed by atoms with Crippen LogP contribution in [0.15, 0.2) is 52.8 Å². The Hall–Kier alpha value is -3.15. The Morgan fingerprint density at radius 2 is 1.83 bits per heavy atom. The molecule has 2 rings (SSSR count). The summed E-state index contributed by atoms with van der Waals surface area (Å²) in [4.78, 5) is 23.0. The van der Waals surface area contributed by atoms with E-state index in [1.807, 2.05) is 37.3 Å². The van der Waals surface area contributed by atoms with Gasteiger partial charge in [0.2, 0.25) is 0 Å². The summed E-state index contributed by atoms with van der Waals surface area (Å²) in [5.74, 6) is 0.114. The molecule has 1 amide bonds. The number of rotatable bonds is 9. The number of aryl methyl sites for hydroxylation is 2. The van der Waals surface area contributed by atoms with Gasteiger partial charge in [0.05, 0.1) is 5.71 Å². The van der Waals surface area contributed by atoms with E-state index in [0.29, 0.717) is 11.5 Å². The number of nitrogens with zero attached hydrogens (tertiary/aromatic N) is 2. The molecule has 0 saturated heterocycles. The third-order valence-corrected chi connectivity index (χ3v) is 4.63. The smallest absolute Gasteiger partial charge is 0.273 e. The van der Waals surface area contributed by atoms with Crippen molar-refractivity contribution in [2.45, 2.75) is 40.7 Å². The normalized spacial score (nSPS) is 12.1. The number of likely N-dealkylation sites (N-methyl/N-ethyl adjacent to an activating group) is 1. The first kappa shape index (κ1) is 23.1. The van der Waals surface area contributed by atoms with E-state index in [9.17, 15) is 4.79 Å². The van der Waals surface area contributed by atoms with Crippen molar-refractivity contribution in [3.8, 4) is 0 Å². The highest BCUT2D eigenvalue weighted by atomic mass is 16.6. The van der Waals surface area contributed by atoms with Crippen molar-refractivity contribution in [3.63, 3.8) is 0 Å². The maximum Gasteiger partial charge on any atom is 0.273 e. The minimum atomic E-state index is -0.326. The zero-order chi connectivity index (χ0) is 22.1. The molecule has 0 heterocycles. The second-order valence-corrected chi connectivity index (χ2v) is 7.58. The first-order chi connectivity index (χ1) is 14.4. The molecule has 0 unspecified atom stereocenters. The van der Waals surface area contributed by atoms with Crippen molar-refractivity contribution in [1.29, 1.82) is 0 Å². The Bertz CT molecular complexity index is 933. The Labute approximate surface area is 179 Å². The van der Waals surface area contributed by atoms with Crippen LogP contribution in [0.4, 0.5) is 0 Å². The summed E-state index contributed by atoms with van der Waals surface area (Å²) in [5, 5.41) is 11.0. The molecule has 0 aromatic heterocycles. The molecule has 0 bridgehead atoms. The van der Waals surface area contributed by atoms with E-state index < -0.39 is 0 Å². The molecule has 0 saturated carbocycles. The molecule has 0 spiro atoms. The second kappa shape index (κ2) is 11.1. The number of hydrogen-bond acceptors (Lipinski definition) is 5. The van der Waals surface area contributed by atoms with Crippen molar-refractivity contribution in [3.05, 3.63) is 70.3 Å². The largest absolute Gasteiger partial charge is 0.398 e. The summed E-state index contributed by atoms with van der Waals surface area (Å²) in [7, 11) is 2.98. The number of hydrogen-bond donors (Lipinski definition) is 1. The first-order valence-corrected chi connectivity index (χ1v) is 10.0. The summed E-state index contributed by atoms with van der Waals surface area (Å²) in [6, 6.07) is 13.9. The number of amides is 1. The topological polar surface area (TPSA) is 72.3 Å². The molecule has 0 aliphatic carbocycles. The van der Waals surface area contributed by atoms with Gasteiger partial charge in [-0.2, -0.15) is 0 Å². The van der Waals surface area contributed by atoms with Crippen LogP contribution < -0.4 is 5.32 Å². The lowest BCUT2D eigenvalue weighted by atomic mass is 9.98. The van der Waals surface area contributed by atoms with E-state index >= 15 is 0 Å². The van der Waals surface area contributed by atoms with Crippen LogP contribution in [0.1, 0.15) is 48.1 Å². The molecule has 0 atom stereocenters. The van der Waals surface area contributed by atoms with Gasteiger partial charge in [-0.1, -0.05) is 72.2 Å². The van der Waals surface area contributed by atoms with E-state index in [-0.39, 0.29) is 18.2 Å². The molecule has 2 aromatic rings. The Balaban J connectivity index is 2.35. The minimum absolute atomic E-state index is 0.201. The van der Waals surface area contributed by atoms with Gasteiger partial charge < -0.3 is 15.0 Å². The zero-order valence-corrected chi connectivity index (χ0v) is 18.7. The van der Waals surface area contributed by atoms with E-state index in [1.165, 1.54) is 12.7 Å². The van der Waals surface area contributed by atoms with Gasteiger partial charge in [-0.15, -0.1) is 0 Å². The van der Waals surface area contributed by atoms with Crippen LogP contribution in [-0.4, -0.2) is 31.5 Å². The van der Waals surface area contributed by atoms with E-state index in [0.717, 1.165) is 28.8 Å². The molecular formula is C24H31N3O3. The third kappa shape index (κ3) is 6.17. The molecule has 0 fully saturated rings. The Kier molecular flexibility index (Phi) is 8.59. The molecule has 6 nitrogen and oxygen atoms in total. The predicted octanol–water partition coefficient (Wildman–Crippen LogP) is 4.37. The summed E-state index contributed by atoms with van der Waals surface area (Å²) in [5.41, 5.74) is 5.82. The summed E-state index contributed by atoms with van der Waals surface area (Å²) < 4.78 is 0. The van der Waals surface area contributed by atoms with E-state index in [2.05, 4.69) is 48.5 Å². The van der Waals surface area contributed by atoms with Gasteiger partial charge in [0.15, 0.2) is 5.71 Å². The van der Waals surface area contributed by atoms with Crippen molar-refractivity contribution in [2.75, 3.05) is 14.2 Å². The maximum atomic E-state index is 12.3. The second-order valence-electron chi connectivity index (χ2n) is 7.58. The van der Waals surface area contributed by atoms with Gasteiger partial charge in [-0.05, 0) is 37.3 Å². The molecular weight excluding hydrogens is 378 g/mol. The van der Waals surface area contributed by atoms with Gasteiger partial charge in [-0.25, -0.2) is 0 Å². The van der Waals surface area contributed by atoms with Crippen molar-refractivity contribution in [2.24, 2.45) is 16.2 Å². The standard InChI is InChI=1S/C24H31N3O3/c1-16(2)13-22(19-11-7-9-17(3)14-19)26-30-15-21-18(4)10-8-12-20(21)23(27-29-6)24(28)25-5/h7-12,14,16H,13,15H2,1-6H3,(H,25,28)/b26-22+,27-23+. The van der Waals surface area contributed by atoms with Gasteiger partial charge >= 0.3 is 0 Å². The monoisotopic (exact) mass is 409 g/mol. The lowest BCUT2D eigenvalue weighted by Crippen LogP contribution is -2.29. The number of carbonyl (C=O) groups is 1. The predicted molar refractivity (Wildman–Crippen MR) is 121 cm³/mol. The molecule has 0 aliphatic rings. The highest BCUT2D eigenvalue weighted by Crippen LogP contribution is 2.19. The molecule has 2 aromatic carbocycles.